The molecule has 0 atom stereocenters. The van der Waals surface area contributed by atoms with Gasteiger partial charge in [-0.25, -0.2) is 9.98 Å². The van der Waals surface area contributed by atoms with Gasteiger partial charge in [-0.05, 0) is 19.4 Å². The third-order valence-corrected chi connectivity index (χ3v) is 2.34. The summed E-state index contributed by atoms with van der Waals surface area (Å²) in [5.41, 5.74) is 0.980. The number of guanidine groups is 1. The number of nitrogens with one attached hydrogen (secondary N) is 2. The molecular formula is C13H23IN4O. The third-order valence-electron chi connectivity index (χ3n) is 2.34. The predicted molar refractivity (Wildman–Crippen MR) is 89.3 cm³/mol. The zero-order chi connectivity index (χ0) is 13.2. The van der Waals surface area contributed by atoms with Crippen molar-refractivity contribution in [2.24, 2.45) is 4.99 Å². The molecule has 0 aliphatic heterocycles. The molecule has 0 amide bonds. The number of hydrogen-bond donors (Lipinski definition) is 2. The fourth-order valence-electron chi connectivity index (χ4n) is 1.48. The van der Waals surface area contributed by atoms with E-state index in [0.29, 0.717) is 12.4 Å². The standard InChI is InChI=1S/C13H22N4O.HI/c1-4-8-16-13(14-5-2)17-10-11-7-6-9-15-12(11)18-3;/h6-7,9H,4-5,8,10H2,1-3H3,(H2,14,16,17);1H. The summed E-state index contributed by atoms with van der Waals surface area (Å²) in [5.74, 6) is 1.46. The van der Waals surface area contributed by atoms with Gasteiger partial charge in [-0.2, -0.15) is 0 Å². The average molecular weight is 378 g/mol. The van der Waals surface area contributed by atoms with Crippen molar-refractivity contribution in [3.05, 3.63) is 23.9 Å². The summed E-state index contributed by atoms with van der Waals surface area (Å²) in [6, 6.07) is 3.86. The highest BCUT2D eigenvalue weighted by atomic mass is 127. The zero-order valence-corrected chi connectivity index (χ0v) is 14.1. The molecule has 0 bridgehead atoms. The summed E-state index contributed by atoms with van der Waals surface area (Å²) in [6.07, 6.45) is 2.78. The van der Waals surface area contributed by atoms with Crippen LogP contribution in [-0.4, -0.2) is 31.1 Å². The zero-order valence-electron chi connectivity index (χ0n) is 11.8. The van der Waals surface area contributed by atoms with Gasteiger partial charge in [0.2, 0.25) is 5.88 Å². The van der Waals surface area contributed by atoms with Crippen LogP contribution >= 0.6 is 24.0 Å². The van der Waals surface area contributed by atoms with Crippen LogP contribution in [0, 0.1) is 0 Å². The molecule has 1 aromatic rings. The second-order valence-corrected chi connectivity index (χ2v) is 3.79. The van der Waals surface area contributed by atoms with E-state index in [2.05, 4.69) is 27.5 Å². The fourth-order valence-corrected chi connectivity index (χ4v) is 1.48. The second kappa shape index (κ2) is 10.8. The molecule has 1 heterocycles. The van der Waals surface area contributed by atoms with Crippen LogP contribution in [0.25, 0.3) is 0 Å². The van der Waals surface area contributed by atoms with E-state index in [4.69, 9.17) is 4.74 Å². The van der Waals surface area contributed by atoms with E-state index in [9.17, 15) is 0 Å². The van der Waals surface area contributed by atoms with Crippen molar-refractivity contribution in [2.75, 3.05) is 20.2 Å². The number of hydrogen-bond acceptors (Lipinski definition) is 3. The van der Waals surface area contributed by atoms with Crippen molar-refractivity contribution in [3.8, 4) is 5.88 Å². The van der Waals surface area contributed by atoms with Gasteiger partial charge in [0.25, 0.3) is 0 Å². The number of ether oxygens (including phenoxy) is 1. The Morgan fingerprint density at radius 1 is 1.37 bits per heavy atom. The Hall–Kier alpha value is -1.05. The van der Waals surface area contributed by atoms with Crippen molar-refractivity contribution < 1.29 is 4.74 Å². The molecule has 6 heteroatoms. The van der Waals surface area contributed by atoms with Crippen molar-refractivity contribution in [1.29, 1.82) is 0 Å². The van der Waals surface area contributed by atoms with Crippen molar-refractivity contribution in [2.45, 2.75) is 26.8 Å². The van der Waals surface area contributed by atoms with Gasteiger partial charge in [0, 0.05) is 24.8 Å². The first-order chi connectivity index (χ1) is 8.81. The normalized spacial score (nSPS) is 10.6. The average Bonchev–Trinajstić information content (AvgIpc) is 2.42. The molecule has 5 nitrogen and oxygen atoms in total. The third kappa shape index (κ3) is 6.60. The molecular weight excluding hydrogens is 355 g/mol. The number of pyridine rings is 1. The Bertz CT molecular complexity index is 385. The van der Waals surface area contributed by atoms with Gasteiger partial charge in [0.1, 0.15) is 0 Å². The van der Waals surface area contributed by atoms with Crippen molar-refractivity contribution in [3.63, 3.8) is 0 Å². The van der Waals surface area contributed by atoms with Crippen LogP contribution in [-0.2, 0) is 6.54 Å². The molecule has 0 spiro atoms. The van der Waals surface area contributed by atoms with E-state index in [1.54, 1.807) is 13.3 Å². The van der Waals surface area contributed by atoms with E-state index in [0.717, 1.165) is 31.0 Å². The van der Waals surface area contributed by atoms with E-state index in [1.165, 1.54) is 0 Å². The Kier molecular flexibility index (Phi) is 10.2. The molecule has 1 aromatic heterocycles. The summed E-state index contributed by atoms with van der Waals surface area (Å²) in [7, 11) is 1.62. The van der Waals surface area contributed by atoms with Gasteiger partial charge in [-0.3, -0.25) is 0 Å². The molecule has 0 fully saturated rings. The minimum absolute atomic E-state index is 0. The SMILES string of the molecule is CCCNC(=NCc1cccnc1OC)NCC.I. The van der Waals surface area contributed by atoms with Crippen LogP contribution in [0.4, 0.5) is 0 Å². The molecule has 0 aromatic carbocycles. The van der Waals surface area contributed by atoms with Gasteiger partial charge >= 0.3 is 0 Å². The van der Waals surface area contributed by atoms with Crippen LogP contribution in [0.15, 0.2) is 23.3 Å². The molecule has 0 saturated heterocycles. The van der Waals surface area contributed by atoms with E-state index < -0.39 is 0 Å². The van der Waals surface area contributed by atoms with Crippen LogP contribution in [0.5, 0.6) is 5.88 Å². The monoisotopic (exact) mass is 378 g/mol. The summed E-state index contributed by atoms with van der Waals surface area (Å²) >= 11 is 0. The largest absolute Gasteiger partial charge is 0.481 e. The van der Waals surface area contributed by atoms with Gasteiger partial charge in [0.05, 0.1) is 13.7 Å². The maximum atomic E-state index is 5.20. The van der Waals surface area contributed by atoms with Crippen molar-refractivity contribution >= 4 is 29.9 Å². The van der Waals surface area contributed by atoms with E-state index in [1.807, 2.05) is 19.1 Å². The molecule has 2 N–H and O–H groups in total. The van der Waals surface area contributed by atoms with E-state index in [-0.39, 0.29) is 24.0 Å². The first-order valence-electron chi connectivity index (χ1n) is 6.31. The molecule has 19 heavy (non-hydrogen) atoms. The highest BCUT2D eigenvalue weighted by Crippen LogP contribution is 2.14. The number of nitrogens with zero attached hydrogens (tertiary/aromatic N) is 2. The number of methoxy groups -OCH3 is 1. The van der Waals surface area contributed by atoms with Crippen LogP contribution in [0.2, 0.25) is 0 Å². The van der Waals surface area contributed by atoms with Gasteiger partial charge in [-0.15, -0.1) is 24.0 Å². The molecule has 0 unspecified atom stereocenters. The summed E-state index contributed by atoms with van der Waals surface area (Å²) < 4.78 is 5.20. The fraction of sp³-hybridized carbons (Fsp3) is 0.538. The first kappa shape index (κ1) is 17.9. The summed E-state index contributed by atoms with van der Waals surface area (Å²) in [6.45, 7) is 6.49. The topological polar surface area (TPSA) is 58.5 Å². The Morgan fingerprint density at radius 2 is 2.16 bits per heavy atom. The highest BCUT2D eigenvalue weighted by molar-refractivity contribution is 14.0. The molecule has 108 valence electrons. The molecule has 0 aliphatic carbocycles. The van der Waals surface area contributed by atoms with Crippen LogP contribution in [0.3, 0.4) is 0 Å². The number of aromatic nitrogens is 1. The van der Waals surface area contributed by atoms with Crippen LogP contribution in [0.1, 0.15) is 25.8 Å². The molecule has 0 saturated carbocycles. The van der Waals surface area contributed by atoms with Gasteiger partial charge in [0.15, 0.2) is 5.96 Å². The maximum absolute atomic E-state index is 5.20. The smallest absolute Gasteiger partial charge is 0.218 e. The summed E-state index contributed by atoms with van der Waals surface area (Å²) in [5, 5.41) is 6.46. The number of aliphatic imine (C=N–C) groups is 1. The van der Waals surface area contributed by atoms with Crippen LogP contribution < -0.4 is 15.4 Å². The highest BCUT2D eigenvalue weighted by Gasteiger charge is 2.02. The van der Waals surface area contributed by atoms with E-state index >= 15 is 0 Å². The lowest BCUT2D eigenvalue weighted by Gasteiger charge is -2.10. The molecule has 0 aliphatic rings. The number of halogens is 1. The minimum Gasteiger partial charge on any atom is -0.481 e. The Balaban J connectivity index is 0.00000324. The lowest BCUT2D eigenvalue weighted by atomic mass is 10.3. The summed E-state index contributed by atoms with van der Waals surface area (Å²) in [4.78, 5) is 8.66. The molecule has 0 radical (unpaired) electrons. The maximum Gasteiger partial charge on any atom is 0.218 e. The Morgan fingerprint density at radius 3 is 2.79 bits per heavy atom. The lowest BCUT2D eigenvalue weighted by Crippen LogP contribution is -2.37. The second-order valence-electron chi connectivity index (χ2n) is 3.79. The Labute approximate surface area is 132 Å². The van der Waals surface area contributed by atoms with Gasteiger partial charge in [-0.1, -0.05) is 13.0 Å². The lowest BCUT2D eigenvalue weighted by molar-refractivity contribution is 0.392. The molecule has 1 rings (SSSR count). The first-order valence-corrected chi connectivity index (χ1v) is 6.31. The predicted octanol–water partition coefficient (Wildman–Crippen LogP) is 2.17. The number of rotatable bonds is 6. The van der Waals surface area contributed by atoms with Gasteiger partial charge < -0.3 is 15.4 Å². The van der Waals surface area contributed by atoms with Crippen molar-refractivity contribution in [1.82, 2.24) is 15.6 Å². The minimum atomic E-state index is 0. The quantitative estimate of drug-likeness (QED) is 0.453.